The van der Waals surface area contributed by atoms with Crippen molar-refractivity contribution in [1.29, 1.82) is 0 Å². The minimum Gasteiger partial charge on any atom is -0.326 e. The Morgan fingerprint density at radius 3 is 2.00 bits per heavy atom. The largest absolute Gasteiger partial charge is 0.326 e. The Balaban J connectivity index is 1.59. The SMILES string of the molecule is NS(=O)(=O)Cc1ccc(NC(=O)Cc2ccc(S(=O)(=O)N3CCCCC3)cc2)cc1. The van der Waals surface area contributed by atoms with Crippen LogP contribution in [0.3, 0.4) is 0 Å². The van der Waals surface area contributed by atoms with Crippen LogP contribution in [0.25, 0.3) is 0 Å². The fourth-order valence-electron chi connectivity index (χ4n) is 3.34. The van der Waals surface area contributed by atoms with Crippen molar-refractivity contribution in [2.45, 2.75) is 36.3 Å². The van der Waals surface area contributed by atoms with Gasteiger partial charge in [0.05, 0.1) is 17.1 Å². The molecule has 1 heterocycles. The molecule has 2 aromatic rings. The van der Waals surface area contributed by atoms with Crippen LogP contribution in [0.5, 0.6) is 0 Å². The molecule has 0 saturated carbocycles. The first kappa shape index (κ1) is 22.4. The molecule has 0 aliphatic carbocycles. The lowest BCUT2D eigenvalue weighted by atomic mass is 10.1. The minimum absolute atomic E-state index is 0.0863. The van der Waals surface area contributed by atoms with E-state index in [4.69, 9.17) is 5.14 Å². The number of hydrogen-bond donors (Lipinski definition) is 2. The normalized spacial score (nSPS) is 15.6. The standard InChI is InChI=1S/C20H25N3O5S2/c21-29(25,26)15-17-4-8-18(9-5-17)22-20(24)14-16-6-10-19(11-7-16)30(27,28)23-12-2-1-3-13-23/h4-11H,1-3,12-15H2,(H,22,24)(H2,21,25,26). The third-order valence-corrected chi connectivity index (χ3v) is 7.49. The van der Waals surface area contributed by atoms with Crippen molar-refractivity contribution in [2.75, 3.05) is 18.4 Å². The van der Waals surface area contributed by atoms with Gasteiger partial charge in [-0.25, -0.2) is 22.0 Å². The fourth-order valence-corrected chi connectivity index (χ4v) is 5.51. The van der Waals surface area contributed by atoms with Crippen molar-refractivity contribution in [1.82, 2.24) is 4.31 Å². The highest BCUT2D eigenvalue weighted by Gasteiger charge is 2.25. The number of sulfonamides is 2. The van der Waals surface area contributed by atoms with E-state index in [1.165, 1.54) is 16.4 Å². The monoisotopic (exact) mass is 451 g/mol. The maximum Gasteiger partial charge on any atom is 0.243 e. The molecule has 3 N–H and O–H groups in total. The number of rotatable bonds is 7. The van der Waals surface area contributed by atoms with Gasteiger partial charge in [-0.3, -0.25) is 4.79 Å². The van der Waals surface area contributed by atoms with E-state index < -0.39 is 20.0 Å². The van der Waals surface area contributed by atoms with Crippen molar-refractivity contribution in [3.63, 3.8) is 0 Å². The zero-order chi connectivity index (χ0) is 21.8. The summed E-state index contributed by atoms with van der Waals surface area (Å²) in [5, 5.41) is 7.75. The second-order valence-corrected chi connectivity index (χ2v) is 10.9. The van der Waals surface area contributed by atoms with Gasteiger partial charge in [-0.05, 0) is 48.2 Å². The average molecular weight is 452 g/mol. The molecule has 0 spiro atoms. The summed E-state index contributed by atoms with van der Waals surface area (Å²) in [4.78, 5) is 12.5. The number of anilines is 1. The maximum absolute atomic E-state index is 12.7. The van der Waals surface area contributed by atoms with Crippen molar-refractivity contribution >= 4 is 31.6 Å². The van der Waals surface area contributed by atoms with Crippen LogP contribution in [0.4, 0.5) is 5.69 Å². The van der Waals surface area contributed by atoms with Gasteiger partial charge in [0.2, 0.25) is 26.0 Å². The van der Waals surface area contributed by atoms with Crippen LogP contribution in [-0.2, 0) is 37.0 Å². The molecule has 0 bridgehead atoms. The molecule has 30 heavy (non-hydrogen) atoms. The van der Waals surface area contributed by atoms with Crippen molar-refractivity contribution < 1.29 is 21.6 Å². The van der Waals surface area contributed by atoms with E-state index in [1.807, 2.05) is 0 Å². The smallest absolute Gasteiger partial charge is 0.243 e. The average Bonchev–Trinajstić information content (AvgIpc) is 2.69. The minimum atomic E-state index is -3.61. The highest BCUT2D eigenvalue weighted by molar-refractivity contribution is 7.89. The summed E-state index contributed by atoms with van der Waals surface area (Å²) in [5.41, 5.74) is 1.75. The third-order valence-electron chi connectivity index (χ3n) is 4.85. The molecule has 0 atom stereocenters. The van der Waals surface area contributed by atoms with Gasteiger partial charge in [-0.2, -0.15) is 4.31 Å². The molecule has 3 rings (SSSR count). The molecule has 2 aromatic carbocycles. The molecule has 1 amide bonds. The first-order chi connectivity index (χ1) is 14.1. The van der Waals surface area contributed by atoms with Crippen LogP contribution in [-0.4, -0.2) is 40.1 Å². The lowest BCUT2D eigenvalue weighted by molar-refractivity contribution is -0.115. The predicted octanol–water partition coefficient (Wildman–Crippen LogP) is 1.83. The van der Waals surface area contributed by atoms with E-state index in [1.54, 1.807) is 36.4 Å². The Hall–Kier alpha value is -2.27. The third kappa shape index (κ3) is 6.11. The summed E-state index contributed by atoms with van der Waals surface area (Å²) in [6.07, 6.45) is 2.89. The summed E-state index contributed by atoms with van der Waals surface area (Å²) in [5.74, 6) is -0.533. The van der Waals surface area contributed by atoms with E-state index in [9.17, 15) is 21.6 Å². The number of primary sulfonamides is 1. The van der Waals surface area contributed by atoms with Crippen LogP contribution in [0.1, 0.15) is 30.4 Å². The lowest BCUT2D eigenvalue weighted by Crippen LogP contribution is -2.35. The lowest BCUT2D eigenvalue weighted by Gasteiger charge is -2.25. The van der Waals surface area contributed by atoms with E-state index in [-0.39, 0.29) is 23.0 Å². The molecular formula is C20H25N3O5S2. The van der Waals surface area contributed by atoms with E-state index in [0.29, 0.717) is 29.9 Å². The van der Waals surface area contributed by atoms with Gasteiger partial charge in [-0.1, -0.05) is 30.7 Å². The molecule has 1 saturated heterocycles. The van der Waals surface area contributed by atoms with E-state index >= 15 is 0 Å². The van der Waals surface area contributed by atoms with Crippen LogP contribution >= 0.6 is 0 Å². The number of benzene rings is 2. The molecule has 0 unspecified atom stereocenters. The molecule has 1 aliphatic heterocycles. The number of carbonyl (C=O) groups excluding carboxylic acids is 1. The number of nitrogens with two attached hydrogens (primary N) is 1. The zero-order valence-corrected chi connectivity index (χ0v) is 18.1. The predicted molar refractivity (Wildman–Crippen MR) is 115 cm³/mol. The number of hydrogen-bond acceptors (Lipinski definition) is 5. The van der Waals surface area contributed by atoms with Gasteiger partial charge in [0.15, 0.2) is 0 Å². The molecule has 162 valence electrons. The highest BCUT2D eigenvalue weighted by Crippen LogP contribution is 2.21. The van der Waals surface area contributed by atoms with E-state index in [2.05, 4.69) is 5.32 Å². The summed E-state index contributed by atoms with van der Waals surface area (Å²) in [6.45, 7) is 1.09. The van der Waals surface area contributed by atoms with E-state index in [0.717, 1.165) is 19.3 Å². The van der Waals surface area contributed by atoms with Gasteiger partial charge in [-0.15, -0.1) is 0 Å². The molecule has 8 nitrogen and oxygen atoms in total. The Kier molecular flexibility index (Phi) is 6.91. The molecular weight excluding hydrogens is 426 g/mol. The Morgan fingerprint density at radius 2 is 1.43 bits per heavy atom. The Bertz CT molecular complexity index is 1090. The van der Waals surface area contributed by atoms with Crippen LogP contribution in [0, 0.1) is 0 Å². The number of nitrogens with zero attached hydrogens (tertiary/aromatic N) is 1. The van der Waals surface area contributed by atoms with Gasteiger partial charge >= 0.3 is 0 Å². The van der Waals surface area contributed by atoms with Gasteiger partial charge in [0, 0.05) is 18.8 Å². The first-order valence-electron chi connectivity index (χ1n) is 9.62. The number of nitrogens with one attached hydrogen (secondary N) is 1. The summed E-state index contributed by atoms with van der Waals surface area (Å²) < 4.78 is 49.1. The van der Waals surface area contributed by atoms with Crippen LogP contribution in [0.15, 0.2) is 53.4 Å². The van der Waals surface area contributed by atoms with Crippen molar-refractivity contribution in [3.05, 3.63) is 59.7 Å². The molecule has 10 heteroatoms. The number of amides is 1. The summed E-state index contributed by atoms with van der Waals surface area (Å²) in [7, 11) is -7.10. The maximum atomic E-state index is 12.7. The first-order valence-corrected chi connectivity index (χ1v) is 12.8. The molecule has 0 aromatic heterocycles. The van der Waals surface area contributed by atoms with Crippen LogP contribution < -0.4 is 10.5 Å². The molecule has 0 radical (unpaired) electrons. The zero-order valence-electron chi connectivity index (χ0n) is 16.5. The second-order valence-electron chi connectivity index (χ2n) is 7.34. The Labute approximate surface area is 177 Å². The topological polar surface area (TPSA) is 127 Å². The fraction of sp³-hybridized carbons (Fsp3) is 0.350. The summed E-state index contributed by atoms with van der Waals surface area (Å²) >= 11 is 0. The number of piperidine rings is 1. The van der Waals surface area contributed by atoms with Gasteiger partial charge in [0.25, 0.3) is 0 Å². The number of carbonyl (C=O) groups is 1. The van der Waals surface area contributed by atoms with Crippen molar-refractivity contribution in [3.8, 4) is 0 Å². The van der Waals surface area contributed by atoms with Gasteiger partial charge in [0.1, 0.15) is 0 Å². The van der Waals surface area contributed by atoms with Gasteiger partial charge < -0.3 is 5.32 Å². The quantitative estimate of drug-likeness (QED) is 0.664. The Morgan fingerprint density at radius 1 is 0.867 bits per heavy atom. The molecule has 1 fully saturated rings. The van der Waals surface area contributed by atoms with Crippen LogP contribution in [0.2, 0.25) is 0 Å². The highest BCUT2D eigenvalue weighted by atomic mass is 32.2. The second kappa shape index (κ2) is 9.25. The van der Waals surface area contributed by atoms with Crippen molar-refractivity contribution in [2.24, 2.45) is 5.14 Å². The molecule has 1 aliphatic rings. The summed E-state index contributed by atoms with van der Waals surface area (Å²) in [6, 6.07) is 12.7.